The molecule has 0 aliphatic heterocycles. The van der Waals surface area contributed by atoms with Gasteiger partial charge in [0.15, 0.2) is 10.3 Å². The highest BCUT2D eigenvalue weighted by Crippen LogP contribution is 2.33. The van der Waals surface area contributed by atoms with Crippen molar-refractivity contribution in [2.24, 2.45) is 5.92 Å². The molecule has 1 aromatic heterocycles. The maximum atomic E-state index is 8.73. The van der Waals surface area contributed by atoms with Crippen molar-refractivity contribution in [3.8, 4) is 6.07 Å². The second kappa shape index (κ2) is 3.76. The van der Waals surface area contributed by atoms with Crippen LogP contribution in [-0.2, 0) is 0 Å². The van der Waals surface area contributed by atoms with E-state index in [1.54, 1.807) is 0 Å². The average molecular weight is 228 g/mol. The van der Waals surface area contributed by atoms with Crippen LogP contribution in [0.2, 0.25) is 5.15 Å². The molecule has 0 unspecified atom stereocenters. The number of halogens is 1. The second-order valence-corrected chi connectivity index (χ2v) is 4.89. The minimum Gasteiger partial charge on any atom is -0.351 e. The summed E-state index contributed by atoms with van der Waals surface area (Å²) in [7, 11) is 1.99. The third-order valence-corrected chi connectivity index (χ3v) is 3.69. The molecular formula is C9H10ClN3S. The minimum atomic E-state index is 0.329. The molecule has 74 valence electrons. The van der Waals surface area contributed by atoms with Crippen LogP contribution in [0.4, 0.5) is 5.13 Å². The molecule has 0 amide bonds. The lowest BCUT2D eigenvalue weighted by Crippen LogP contribution is -2.19. The lowest BCUT2D eigenvalue weighted by molar-refractivity contribution is 0.784. The van der Waals surface area contributed by atoms with Crippen LogP contribution >= 0.6 is 22.9 Å². The van der Waals surface area contributed by atoms with E-state index < -0.39 is 0 Å². The van der Waals surface area contributed by atoms with Crippen molar-refractivity contribution >= 4 is 28.1 Å². The predicted octanol–water partition coefficient (Wildman–Crippen LogP) is 2.51. The van der Waals surface area contributed by atoms with Crippen molar-refractivity contribution in [1.29, 1.82) is 5.26 Å². The SMILES string of the molecule is CN(CC1CC1)c1nc(Cl)c(C#N)s1. The maximum Gasteiger partial charge on any atom is 0.187 e. The van der Waals surface area contributed by atoms with Crippen molar-refractivity contribution in [2.75, 3.05) is 18.5 Å². The summed E-state index contributed by atoms with van der Waals surface area (Å²) in [5.41, 5.74) is 0. The Morgan fingerprint density at radius 2 is 2.43 bits per heavy atom. The van der Waals surface area contributed by atoms with E-state index in [2.05, 4.69) is 9.88 Å². The number of anilines is 1. The molecular weight excluding hydrogens is 218 g/mol. The van der Waals surface area contributed by atoms with E-state index in [9.17, 15) is 0 Å². The van der Waals surface area contributed by atoms with Crippen LogP contribution in [-0.4, -0.2) is 18.6 Å². The van der Waals surface area contributed by atoms with E-state index >= 15 is 0 Å². The molecule has 1 aliphatic rings. The van der Waals surface area contributed by atoms with Gasteiger partial charge in [-0.15, -0.1) is 0 Å². The van der Waals surface area contributed by atoms with Crippen LogP contribution in [0.3, 0.4) is 0 Å². The number of aromatic nitrogens is 1. The highest BCUT2D eigenvalue weighted by molar-refractivity contribution is 7.16. The summed E-state index contributed by atoms with van der Waals surface area (Å²) < 4.78 is 0. The standard InChI is InChI=1S/C9H10ClN3S/c1-13(5-6-2-3-6)9-12-8(10)7(4-11)14-9/h6H,2-3,5H2,1H3. The highest BCUT2D eigenvalue weighted by Gasteiger charge is 2.24. The van der Waals surface area contributed by atoms with Crippen LogP contribution in [0.15, 0.2) is 0 Å². The summed E-state index contributed by atoms with van der Waals surface area (Å²) in [4.78, 5) is 6.73. The minimum absolute atomic E-state index is 0.329. The summed E-state index contributed by atoms with van der Waals surface area (Å²) in [6.45, 7) is 1.02. The fraction of sp³-hybridized carbons (Fsp3) is 0.556. The molecule has 0 spiro atoms. The molecule has 14 heavy (non-hydrogen) atoms. The van der Waals surface area contributed by atoms with Gasteiger partial charge in [0.2, 0.25) is 0 Å². The first-order valence-corrected chi connectivity index (χ1v) is 5.67. The van der Waals surface area contributed by atoms with Gasteiger partial charge in [0.1, 0.15) is 10.9 Å². The first-order valence-electron chi connectivity index (χ1n) is 4.48. The molecule has 0 aromatic carbocycles. The molecule has 0 bridgehead atoms. The molecule has 0 atom stereocenters. The largest absolute Gasteiger partial charge is 0.351 e. The van der Waals surface area contributed by atoms with Crippen molar-refractivity contribution < 1.29 is 0 Å². The zero-order valence-electron chi connectivity index (χ0n) is 7.83. The Balaban J connectivity index is 2.10. The topological polar surface area (TPSA) is 39.9 Å². The molecule has 5 heteroatoms. The first-order chi connectivity index (χ1) is 6.70. The van der Waals surface area contributed by atoms with Crippen LogP contribution in [0.1, 0.15) is 17.7 Å². The van der Waals surface area contributed by atoms with E-state index in [0.717, 1.165) is 17.6 Å². The molecule has 0 saturated heterocycles. The summed E-state index contributed by atoms with van der Waals surface area (Å²) in [5, 5.41) is 9.90. The monoisotopic (exact) mass is 227 g/mol. The molecule has 1 fully saturated rings. The van der Waals surface area contributed by atoms with Gasteiger partial charge in [-0.2, -0.15) is 5.26 Å². The molecule has 2 rings (SSSR count). The second-order valence-electron chi connectivity index (χ2n) is 3.55. The molecule has 3 nitrogen and oxygen atoms in total. The van der Waals surface area contributed by atoms with Crippen molar-refractivity contribution in [2.45, 2.75) is 12.8 Å². The van der Waals surface area contributed by atoms with Crippen molar-refractivity contribution in [3.63, 3.8) is 0 Å². The van der Waals surface area contributed by atoms with Crippen LogP contribution in [0.25, 0.3) is 0 Å². The van der Waals surface area contributed by atoms with E-state index in [0.29, 0.717) is 10.0 Å². The average Bonchev–Trinajstić information content (AvgIpc) is 2.87. The molecule has 1 aromatic rings. The summed E-state index contributed by atoms with van der Waals surface area (Å²) >= 11 is 7.15. The van der Waals surface area contributed by atoms with Crippen LogP contribution in [0.5, 0.6) is 0 Å². The van der Waals surface area contributed by atoms with Gasteiger partial charge in [-0.25, -0.2) is 4.98 Å². The Hall–Kier alpha value is -0.790. The van der Waals surface area contributed by atoms with Crippen LogP contribution in [0, 0.1) is 17.2 Å². The molecule has 1 heterocycles. The number of thiazole rings is 1. The van der Waals surface area contributed by atoms with Crippen molar-refractivity contribution in [1.82, 2.24) is 4.98 Å². The number of nitrogens with zero attached hydrogens (tertiary/aromatic N) is 3. The smallest absolute Gasteiger partial charge is 0.187 e. The van der Waals surface area contributed by atoms with E-state index in [-0.39, 0.29) is 0 Å². The fourth-order valence-electron chi connectivity index (χ4n) is 1.29. The first kappa shape index (κ1) is 9.75. The molecule has 1 saturated carbocycles. The fourth-order valence-corrected chi connectivity index (χ4v) is 2.30. The van der Waals surface area contributed by atoms with Gasteiger partial charge in [0.05, 0.1) is 0 Å². The Morgan fingerprint density at radius 1 is 1.71 bits per heavy atom. The highest BCUT2D eigenvalue weighted by atomic mass is 35.5. The van der Waals surface area contributed by atoms with Gasteiger partial charge in [-0.05, 0) is 18.8 Å². The van der Waals surface area contributed by atoms with Gasteiger partial charge in [0.25, 0.3) is 0 Å². The van der Waals surface area contributed by atoms with Gasteiger partial charge in [0, 0.05) is 13.6 Å². The maximum absolute atomic E-state index is 8.73. The quantitative estimate of drug-likeness (QED) is 0.797. The Bertz CT molecular complexity index is 378. The Labute approximate surface area is 91.9 Å². The van der Waals surface area contributed by atoms with E-state index in [4.69, 9.17) is 16.9 Å². The summed E-state index contributed by atoms with van der Waals surface area (Å²) in [5.74, 6) is 0.813. The molecule has 1 aliphatic carbocycles. The van der Waals surface area contributed by atoms with E-state index in [1.807, 2.05) is 13.1 Å². The predicted molar refractivity (Wildman–Crippen MR) is 57.8 cm³/mol. The number of nitriles is 1. The van der Waals surface area contributed by atoms with Gasteiger partial charge >= 0.3 is 0 Å². The van der Waals surface area contributed by atoms with Crippen molar-refractivity contribution in [3.05, 3.63) is 10.0 Å². The Morgan fingerprint density at radius 3 is 2.93 bits per heavy atom. The molecule has 0 N–H and O–H groups in total. The summed E-state index contributed by atoms with van der Waals surface area (Å²) in [6, 6.07) is 2.04. The van der Waals surface area contributed by atoms with Gasteiger partial charge < -0.3 is 4.90 Å². The van der Waals surface area contributed by atoms with Crippen LogP contribution < -0.4 is 4.90 Å². The Kier molecular flexibility index (Phi) is 2.62. The zero-order chi connectivity index (χ0) is 10.1. The number of hydrogen-bond acceptors (Lipinski definition) is 4. The third-order valence-electron chi connectivity index (χ3n) is 2.23. The summed E-state index contributed by atoms with van der Waals surface area (Å²) in [6.07, 6.45) is 2.63. The number of hydrogen-bond donors (Lipinski definition) is 0. The van der Waals surface area contributed by atoms with Gasteiger partial charge in [-0.1, -0.05) is 22.9 Å². The lowest BCUT2D eigenvalue weighted by atomic mass is 10.4. The third kappa shape index (κ3) is 1.99. The van der Waals surface area contributed by atoms with E-state index in [1.165, 1.54) is 24.2 Å². The molecule has 0 radical (unpaired) electrons. The zero-order valence-corrected chi connectivity index (χ0v) is 9.40. The number of rotatable bonds is 3. The normalized spacial score (nSPS) is 15.2. The lowest BCUT2D eigenvalue weighted by Gasteiger charge is -2.14. The van der Waals surface area contributed by atoms with Gasteiger partial charge in [-0.3, -0.25) is 0 Å².